The molecular weight excluding hydrogens is 284 g/mol. The molecule has 1 unspecified atom stereocenters. The Morgan fingerprint density at radius 1 is 1.09 bits per heavy atom. The van der Waals surface area contributed by atoms with E-state index in [1.807, 2.05) is 47.6 Å². The van der Waals surface area contributed by atoms with Gasteiger partial charge in [0.25, 0.3) is 0 Å². The van der Waals surface area contributed by atoms with Crippen LogP contribution in [0.4, 0.5) is 5.69 Å². The topological polar surface area (TPSA) is 32.3 Å². The first-order valence-corrected chi connectivity index (χ1v) is 9.23. The molecule has 2 heterocycles. The lowest BCUT2D eigenvalue weighted by Gasteiger charge is -2.37. The molecule has 3 nitrogen and oxygen atoms in total. The van der Waals surface area contributed by atoms with Gasteiger partial charge in [0.1, 0.15) is 0 Å². The molecular formula is C20H36N2O. The molecule has 0 aliphatic carbocycles. The summed E-state index contributed by atoms with van der Waals surface area (Å²) in [6.45, 7) is 16.0. The summed E-state index contributed by atoms with van der Waals surface area (Å²) in [5.74, 6) is 0.185. The maximum absolute atomic E-state index is 12.3. The van der Waals surface area contributed by atoms with E-state index >= 15 is 0 Å². The molecule has 3 rings (SSSR count). The average molecular weight is 321 g/mol. The van der Waals surface area contributed by atoms with Gasteiger partial charge in [0.15, 0.2) is 0 Å². The van der Waals surface area contributed by atoms with Crippen LogP contribution in [0.2, 0.25) is 0 Å². The third-order valence-corrected chi connectivity index (χ3v) is 4.06. The number of piperidine rings is 1. The van der Waals surface area contributed by atoms with Crippen LogP contribution in [-0.4, -0.2) is 30.9 Å². The largest absolute Gasteiger partial charge is 0.325 e. The van der Waals surface area contributed by atoms with Crippen molar-refractivity contribution < 1.29 is 4.79 Å². The van der Waals surface area contributed by atoms with E-state index in [2.05, 4.69) is 36.3 Å². The zero-order valence-corrected chi connectivity index (χ0v) is 16.4. The van der Waals surface area contributed by atoms with Crippen LogP contribution >= 0.6 is 0 Å². The predicted molar refractivity (Wildman–Crippen MR) is 102 cm³/mol. The summed E-state index contributed by atoms with van der Waals surface area (Å²) in [6, 6.07) is 6.27. The van der Waals surface area contributed by atoms with E-state index in [-0.39, 0.29) is 11.3 Å². The van der Waals surface area contributed by atoms with Crippen LogP contribution in [0.3, 0.4) is 0 Å². The number of anilines is 1. The van der Waals surface area contributed by atoms with E-state index in [4.69, 9.17) is 0 Å². The zero-order chi connectivity index (χ0) is 18.0. The molecule has 3 heteroatoms. The fourth-order valence-corrected chi connectivity index (χ4v) is 3.20. The van der Waals surface area contributed by atoms with E-state index in [1.165, 1.54) is 11.1 Å². The quantitative estimate of drug-likeness (QED) is 0.730. The Labute approximate surface area is 143 Å². The predicted octanol–water partition coefficient (Wildman–Crippen LogP) is 4.99. The molecule has 0 radical (unpaired) electrons. The average Bonchev–Trinajstić information content (AvgIpc) is 2.85. The number of carbonyl (C=O) groups is 1. The smallest absolute Gasteiger partial charge is 0.236 e. The number of fused-ring (bicyclic) bond motifs is 2. The number of hydrogen-bond donors (Lipinski definition) is 1. The monoisotopic (exact) mass is 320 g/mol. The molecule has 1 aromatic carbocycles. The summed E-state index contributed by atoms with van der Waals surface area (Å²) in [7, 11) is 2.10. The van der Waals surface area contributed by atoms with Crippen LogP contribution in [0.25, 0.3) is 0 Å². The minimum Gasteiger partial charge on any atom is -0.325 e. The van der Waals surface area contributed by atoms with Gasteiger partial charge < -0.3 is 10.2 Å². The van der Waals surface area contributed by atoms with Crippen LogP contribution in [0.5, 0.6) is 0 Å². The van der Waals surface area contributed by atoms with Crippen LogP contribution in [-0.2, 0) is 10.2 Å². The number of likely N-dealkylation sites (N-methyl/N-ethyl adjacent to an activating group) is 1. The SMILES string of the molecule is CC.CC.CC.Cc1ccc2c(c1)C1(CCCN(C)C1)C(=O)N2. The Hall–Kier alpha value is -1.35. The summed E-state index contributed by atoms with van der Waals surface area (Å²) >= 11 is 0. The third kappa shape index (κ3) is 4.57. The number of aryl methyl sites for hydroxylation is 1. The van der Waals surface area contributed by atoms with E-state index in [0.29, 0.717) is 0 Å². The van der Waals surface area contributed by atoms with E-state index < -0.39 is 0 Å². The Balaban J connectivity index is 0.000000728. The second-order valence-electron chi connectivity index (χ2n) is 5.43. The molecule has 1 N–H and O–H groups in total. The van der Waals surface area contributed by atoms with Crippen molar-refractivity contribution in [3.8, 4) is 0 Å². The molecule has 0 bridgehead atoms. The van der Waals surface area contributed by atoms with Gasteiger partial charge in [-0.1, -0.05) is 59.2 Å². The molecule has 2 aliphatic rings. The lowest BCUT2D eigenvalue weighted by molar-refractivity contribution is -0.122. The second-order valence-corrected chi connectivity index (χ2v) is 5.43. The molecule has 1 amide bonds. The fourth-order valence-electron chi connectivity index (χ4n) is 3.20. The highest BCUT2D eigenvalue weighted by Crippen LogP contribution is 2.43. The lowest BCUT2D eigenvalue weighted by atomic mass is 9.75. The molecule has 1 fully saturated rings. The van der Waals surface area contributed by atoms with Gasteiger partial charge in [0.2, 0.25) is 5.91 Å². The van der Waals surface area contributed by atoms with Gasteiger partial charge >= 0.3 is 0 Å². The van der Waals surface area contributed by atoms with Gasteiger partial charge in [-0.3, -0.25) is 4.79 Å². The first-order chi connectivity index (χ1) is 11.1. The van der Waals surface area contributed by atoms with Crippen molar-refractivity contribution in [2.75, 3.05) is 25.5 Å². The highest BCUT2D eigenvalue weighted by Gasteiger charge is 2.48. The second kappa shape index (κ2) is 10.4. The first-order valence-electron chi connectivity index (χ1n) is 9.23. The van der Waals surface area contributed by atoms with Gasteiger partial charge in [-0.25, -0.2) is 0 Å². The van der Waals surface area contributed by atoms with Gasteiger partial charge in [-0.2, -0.15) is 0 Å². The molecule has 1 saturated heterocycles. The molecule has 2 aliphatic heterocycles. The lowest BCUT2D eigenvalue weighted by Crippen LogP contribution is -2.48. The molecule has 0 aromatic heterocycles. The number of nitrogens with one attached hydrogen (secondary N) is 1. The number of carbonyl (C=O) groups excluding carboxylic acids is 1. The zero-order valence-electron chi connectivity index (χ0n) is 16.4. The Morgan fingerprint density at radius 3 is 2.26 bits per heavy atom. The number of benzene rings is 1. The minimum atomic E-state index is -0.297. The molecule has 1 aromatic rings. The van der Waals surface area contributed by atoms with E-state index in [9.17, 15) is 4.79 Å². The van der Waals surface area contributed by atoms with Gasteiger partial charge in [-0.15, -0.1) is 0 Å². The molecule has 23 heavy (non-hydrogen) atoms. The number of amides is 1. The van der Waals surface area contributed by atoms with Crippen LogP contribution in [0.1, 0.15) is 65.5 Å². The van der Waals surface area contributed by atoms with E-state index in [1.54, 1.807) is 0 Å². The van der Waals surface area contributed by atoms with Gasteiger partial charge in [-0.05, 0) is 45.0 Å². The maximum atomic E-state index is 12.3. The summed E-state index contributed by atoms with van der Waals surface area (Å²) in [5.41, 5.74) is 3.15. The van der Waals surface area contributed by atoms with Crippen LogP contribution in [0, 0.1) is 6.92 Å². The van der Waals surface area contributed by atoms with Crippen molar-refractivity contribution in [3.05, 3.63) is 29.3 Å². The normalized spacial score (nSPS) is 21.7. The molecule has 132 valence electrons. The van der Waals surface area contributed by atoms with Crippen LogP contribution in [0.15, 0.2) is 18.2 Å². The van der Waals surface area contributed by atoms with Crippen molar-refractivity contribution >= 4 is 11.6 Å². The maximum Gasteiger partial charge on any atom is 0.236 e. The number of likely N-dealkylation sites (tertiary alicyclic amines) is 1. The molecule has 1 spiro atoms. The van der Waals surface area contributed by atoms with Crippen molar-refractivity contribution in [2.24, 2.45) is 0 Å². The Morgan fingerprint density at radius 2 is 1.70 bits per heavy atom. The van der Waals surface area contributed by atoms with Crippen molar-refractivity contribution in [3.63, 3.8) is 0 Å². The van der Waals surface area contributed by atoms with Gasteiger partial charge in [0, 0.05) is 12.2 Å². The number of nitrogens with zero attached hydrogens (tertiary/aromatic N) is 1. The van der Waals surface area contributed by atoms with Crippen LogP contribution < -0.4 is 5.32 Å². The van der Waals surface area contributed by atoms with Crippen molar-refractivity contribution in [2.45, 2.75) is 66.7 Å². The highest BCUT2D eigenvalue weighted by molar-refractivity contribution is 6.06. The highest BCUT2D eigenvalue weighted by atomic mass is 16.2. The summed E-state index contributed by atoms with van der Waals surface area (Å²) < 4.78 is 0. The van der Waals surface area contributed by atoms with Gasteiger partial charge in [0.05, 0.1) is 5.41 Å². The summed E-state index contributed by atoms with van der Waals surface area (Å²) in [4.78, 5) is 14.6. The number of rotatable bonds is 0. The minimum absolute atomic E-state index is 0.185. The number of hydrogen-bond acceptors (Lipinski definition) is 2. The Kier molecular flexibility index (Phi) is 9.82. The first kappa shape index (κ1) is 21.6. The summed E-state index contributed by atoms with van der Waals surface area (Å²) in [6.07, 6.45) is 2.07. The Bertz CT molecular complexity index is 485. The summed E-state index contributed by atoms with van der Waals surface area (Å²) in [5, 5.41) is 3.04. The van der Waals surface area contributed by atoms with E-state index in [0.717, 1.165) is 31.6 Å². The fraction of sp³-hybridized carbons (Fsp3) is 0.650. The van der Waals surface area contributed by atoms with Crippen molar-refractivity contribution in [1.82, 2.24) is 4.90 Å². The molecule has 0 saturated carbocycles. The van der Waals surface area contributed by atoms with Crippen molar-refractivity contribution in [1.29, 1.82) is 0 Å². The third-order valence-electron chi connectivity index (χ3n) is 4.06. The molecule has 1 atom stereocenters. The standard InChI is InChI=1S/C14H18N2O.3C2H6/c1-10-4-5-12-11(8-10)14(13(17)15-12)6-3-7-16(2)9-14;3*1-2/h4-5,8H,3,6-7,9H2,1-2H3,(H,15,17);3*1-2H3.